The van der Waals surface area contributed by atoms with Gasteiger partial charge in [-0.1, -0.05) is 22.4 Å². The fourth-order valence-corrected chi connectivity index (χ4v) is 5.82. The van der Waals surface area contributed by atoms with Gasteiger partial charge in [-0.25, -0.2) is 0 Å². The number of fused-ring (bicyclic) bond motifs is 2. The summed E-state index contributed by atoms with van der Waals surface area (Å²) in [5.41, 5.74) is 0.870. The second kappa shape index (κ2) is 8.30. The molecule has 3 atom stereocenters. The third-order valence-electron chi connectivity index (χ3n) is 7.02. The third kappa shape index (κ3) is 3.75. The van der Waals surface area contributed by atoms with Crippen LogP contribution in [0.2, 0.25) is 0 Å². The SMILES string of the molecule is O=C(NC[C@H]1CCCN2CCCC[C@@H]12)C1CC(=O)N(c2n[nH]c3cc(Br)ccc23)C1. The molecule has 160 valence electrons. The largest absolute Gasteiger partial charge is 0.355 e. The average molecular weight is 474 g/mol. The van der Waals surface area contributed by atoms with Crippen molar-refractivity contribution in [2.75, 3.05) is 31.1 Å². The summed E-state index contributed by atoms with van der Waals surface area (Å²) in [7, 11) is 0. The van der Waals surface area contributed by atoms with E-state index in [0.29, 0.717) is 24.3 Å². The Kier molecular flexibility index (Phi) is 5.54. The molecular formula is C22H28BrN5O2. The lowest BCUT2D eigenvalue weighted by Gasteiger charge is -2.44. The molecule has 3 aliphatic rings. The maximum Gasteiger partial charge on any atom is 0.229 e. The minimum absolute atomic E-state index is 0.00127. The van der Waals surface area contributed by atoms with Crippen LogP contribution < -0.4 is 10.2 Å². The highest BCUT2D eigenvalue weighted by molar-refractivity contribution is 9.10. The molecule has 3 saturated heterocycles. The van der Waals surface area contributed by atoms with E-state index in [1.165, 1.54) is 45.2 Å². The second-order valence-corrected chi connectivity index (χ2v) is 9.80. The van der Waals surface area contributed by atoms with Gasteiger partial charge in [0.1, 0.15) is 0 Å². The Labute approximate surface area is 184 Å². The number of piperidine rings is 2. The summed E-state index contributed by atoms with van der Waals surface area (Å²) in [6.45, 7) is 3.52. The van der Waals surface area contributed by atoms with Crippen molar-refractivity contribution in [1.82, 2.24) is 20.4 Å². The van der Waals surface area contributed by atoms with Crippen LogP contribution in [-0.4, -0.2) is 59.1 Å². The highest BCUT2D eigenvalue weighted by Gasteiger charge is 2.38. The summed E-state index contributed by atoms with van der Waals surface area (Å²) >= 11 is 3.45. The molecule has 3 fully saturated rings. The first-order valence-electron chi connectivity index (χ1n) is 11.1. The lowest BCUT2D eigenvalue weighted by atomic mass is 9.83. The van der Waals surface area contributed by atoms with Gasteiger partial charge in [0, 0.05) is 35.4 Å². The number of H-pyrrole nitrogens is 1. The molecule has 7 nitrogen and oxygen atoms in total. The molecule has 0 radical (unpaired) electrons. The molecule has 3 aliphatic heterocycles. The molecule has 0 aliphatic carbocycles. The van der Waals surface area contributed by atoms with E-state index in [9.17, 15) is 9.59 Å². The summed E-state index contributed by atoms with van der Waals surface area (Å²) in [6.07, 6.45) is 6.50. The van der Waals surface area contributed by atoms with Crippen LogP contribution in [0.25, 0.3) is 10.9 Å². The van der Waals surface area contributed by atoms with Crippen LogP contribution in [0.3, 0.4) is 0 Å². The van der Waals surface area contributed by atoms with Gasteiger partial charge in [0.05, 0.1) is 11.4 Å². The van der Waals surface area contributed by atoms with Gasteiger partial charge in [-0.05, 0) is 62.9 Å². The number of halogens is 1. The van der Waals surface area contributed by atoms with Crippen LogP contribution >= 0.6 is 15.9 Å². The first-order chi connectivity index (χ1) is 14.6. The van der Waals surface area contributed by atoms with Gasteiger partial charge < -0.3 is 10.2 Å². The lowest BCUT2D eigenvalue weighted by molar-refractivity contribution is -0.126. The van der Waals surface area contributed by atoms with Crippen LogP contribution in [-0.2, 0) is 9.59 Å². The number of carbonyl (C=O) groups excluding carboxylic acids is 2. The minimum atomic E-state index is -0.314. The molecule has 0 spiro atoms. The van der Waals surface area contributed by atoms with Crippen LogP contribution in [0, 0.1) is 11.8 Å². The van der Waals surface area contributed by atoms with Crippen LogP contribution in [0.1, 0.15) is 38.5 Å². The van der Waals surface area contributed by atoms with Crippen molar-refractivity contribution in [2.24, 2.45) is 11.8 Å². The molecule has 2 N–H and O–H groups in total. The van der Waals surface area contributed by atoms with E-state index in [2.05, 4.69) is 36.3 Å². The van der Waals surface area contributed by atoms with Gasteiger partial charge in [-0.2, -0.15) is 5.10 Å². The minimum Gasteiger partial charge on any atom is -0.355 e. The van der Waals surface area contributed by atoms with E-state index in [1.54, 1.807) is 4.90 Å². The van der Waals surface area contributed by atoms with Crippen LogP contribution in [0.4, 0.5) is 5.82 Å². The normalized spacial score (nSPS) is 27.4. The zero-order chi connectivity index (χ0) is 20.7. The highest BCUT2D eigenvalue weighted by atomic mass is 79.9. The second-order valence-electron chi connectivity index (χ2n) is 8.89. The number of hydrogen-bond acceptors (Lipinski definition) is 4. The summed E-state index contributed by atoms with van der Waals surface area (Å²) in [4.78, 5) is 29.8. The van der Waals surface area contributed by atoms with Gasteiger partial charge in [0.25, 0.3) is 0 Å². The van der Waals surface area contributed by atoms with Gasteiger partial charge in [-0.15, -0.1) is 0 Å². The van der Waals surface area contributed by atoms with Gasteiger partial charge in [0.2, 0.25) is 11.8 Å². The number of aromatic amines is 1. The first-order valence-corrected chi connectivity index (χ1v) is 11.8. The van der Waals surface area contributed by atoms with Crippen molar-refractivity contribution in [3.05, 3.63) is 22.7 Å². The Morgan fingerprint density at radius 1 is 1.23 bits per heavy atom. The molecule has 5 rings (SSSR count). The summed E-state index contributed by atoms with van der Waals surface area (Å²) in [5, 5.41) is 11.4. The number of amides is 2. The standard InChI is InChI=1S/C22H28BrN5O2/c23-16-6-7-17-18(11-16)25-26-21(17)28-13-15(10-20(28)29)22(30)24-12-14-4-3-9-27-8-2-1-5-19(14)27/h6-7,11,14-15,19H,1-5,8-10,12-13H2,(H,24,30)(H,25,26)/t14-,15?,19+/m1/s1. The number of rotatable bonds is 4. The molecular weight excluding hydrogens is 446 g/mol. The van der Waals surface area contributed by atoms with Crippen molar-refractivity contribution < 1.29 is 9.59 Å². The van der Waals surface area contributed by atoms with E-state index in [0.717, 1.165) is 21.9 Å². The van der Waals surface area contributed by atoms with Crippen molar-refractivity contribution in [2.45, 2.75) is 44.6 Å². The molecule has 4 heterocycles. The fraction of sp³-hybridized carbons (Fsp3) is 0.591. The van der Waals surface area contributed by atoms with Crippen molar-refractivity contribution in [3.63, 3.8) is 0 Å². The fourth-order valence-electron chi connectivity index (χ4n) is 5.46. The summed E-state index contributed by atoms with van der Waals surface area (Å²) < 4.78 is 0.953. The predicted molar refractivity (Wildman–Crippen MR) is 119 cm³/mol. The highest BCUT2D eigenvalue weighted by Crippen LogP contribution is 2.32. The Hall–Kier alpha value is -1.93. The zero-order valence-corrected chi connectivity index (χ0v) is 18.7. The molecule has 2 aromatic rings. The van der Waals surface area contributed by atoms with Gasteiger partial charge in [-0.3, -0.25) is 19.6 Å². The van der Waals surface area contributed by atoms with Gasteiger partial charge >= 0.3 is 0 Å². The van der Waals surface area contributed by atoms with E-state index in [4.69, 9.17) is 0 Å². The summed E-state index contributed by atoms with van der Waals surface area (Å²) in [5.74, 6) is 0.794. The van der Waals surface area contributed by atoms with Crippen molar-refractivity contribution in [1.29, 1.82) is 0 Å². The number of hydrogen-bond donors (Lipinski definition) is 2. The maximum atomic E-state index is 12.9. The van der Waals surface area contributed by atoms with Crippen LogP contribution in [0.15, 0.2) is 22.7 Å². The Bertz CT molecular complexity index is 958. The molecule has 30 heavy (non-hydrogen) atoms. The molecule has 0 bridgehead atoms. The van der Waals surface area contributed by atoms with E-state index in [-0.39, 0.29) is 24.2 Å². The number of nitrogens with zero attached hydrogens (tertiary/aromatic N) is 3. The molecule has 1 unspecified atom stereocenters. The Morgan fingerprint density at radius 3 is 3.00 bits per heavy atom. The average Bonchev–Trinajstić information content (AvgIpc) is 3.34. The zero-order valence-electron chi connectivity index (χ0n) is 17.1. The third-order valence-corrected chi connectivity index (χ3v) is 7.52. The van der Waals surface area contributed by atoms with E-state index >= 15 is 0 Å². The van der Waals surface area contributed by atoms with Gasteiger partial charge in [0.15, 0.2) is 5.82 Å². The topological polar surface area (TPSA) is 81.3 Å². The predicted octanol–water partition coefficient (Wildman–Crippen LogP) is 3.06. The first kappa shape index (κ1) is 20.0. The van der Waals surface area contributed by atoms with E-state index < -0.39 is 0 Å². The Balaban J connectivity index is 1.22. The Morgan fingerprint density at radius 2 is 2.10 bits per heavy atom. The maximum absolute atomic E-state index is 12.9. The molecule has 0 saturated carbocycles. The molecule has 1 aromatic heterocycles. The number of anilines is 1. The van der Waals surface area contributed by atoms with Crippen molar-refractivity contribution in [3.8, 4) is 0 Å². The number of aromatic nitrogens is 2. The quantitative estimate of drug-likeness (QED) is 0.714. The van der Waals surface area contributed by atoms with E-state index in [1.807, 2.05) is 18.2 Å². The number of carbonyl (C=O) groups is 2. The smallest absolute Gasteiger partial charge is 0.229 e. The monoisotopic (exact) mass is 473 g/mol. The molecule has 1 aromatic carbocycles. The number of nitrogens with one attached hydrogen (secondary N) is 2. The summed E-state index contributed by atoms with van der Waals surface area (Å²) in [6, 6.07) is 6.43. The molecule has 2 amide bonds. The molecule has 8 heteroatoms. The number of benzene rings is 1. The lowest BCUT2D eigenvalue weighted by Crippen LogP contribution is -2.51. The van der Waals surface area contributed by atoms with Crippen molar-refractivity contribution >= 4 is 44.5 Å². The van der Waals surface area contributed by atoms with Crippen LogP contribution in [0.5, 0.6) is 0 Å².